The summed E-state index contributed by atoms with van der Waals surface area (Å²) in [4.78, 5) is 21.5. The number of rotatable bonds is 8. The van der Waals surface area contributed by atoms with E-state index in [0.717, 1.165) is 28.9 Å². The molecule has 3 aromatic carbocycles. The van der Waals surface area contributed by atoms with Crippen LogP contribution in [0.2, 0.25) is 0 Å². The van der Waals surface area contributed by atoms with Crippen molar-refractivity contribution in [1.82, 2.24) is 24.6 Å². The molecule has 0 bridgehead atoms. The summed E-state index contributed by atoms with van der Waals surface area (Å²) in [5.74, 6) is 0.170. The average Bonchev–Trinajstić information content (AvgIpc) is 3.66. The Morgan fingerprint density at radius 3 is 2.39 bits per heavy atom. The number of thiazole rings is 1. The number of alkyl halides is 3. The van der Waals surface area contributed by atoms with Crippen LogP contribution in [0.4, 0.5) is 22.4 Å². The van der Waals surface area contributed by atoms with Crippen LogP contribution in [-0.4, -0.2) is 38.8 Å². The Labute approximate surface area is 265 Å². The summed E-state index contributed by atoms with van der Waals surface area (Å²) in [6, 6.07) is 16.3. The molecule has 2 aromatic heterocycles. The quantitative estimate of drug-likeness (QED) is 0.173. The average molecular weight is 653 g/mol. The fraction of sp³-hybridized carbons (Fsp3) is 0.188. The first-order chi connectivity index (χ1) is 21.9. The molecule has 9 nitrogen and oxygen atoms in total. The van der Waals surface area contributed by atoms with Crippen LogP contribution in [0.25, 0.3) is 28.6 Å². The fourth-order valence-corrected chi connectivity index (χ4v) is 5.38. The van der Waals surface area contributed by atoms with Crippen LogP contribution in [0.5, 0.6) is 11.5 Å². The minimum absolute atomic E-state index is 0.177. The number of methoxy groups -OCH3 is 1. The molecule has 0 fully saturated rings. The van der Waals surface area contributed by atoms with Crippen LogP contribution < -0.4 is 19.6 Å². The third-order valence-electron chi connectivity index (χ3n) is 6.74. The summed E-state index contributed by atoms with van der Waals surface area (Å²) in [6.45, 7) is 6.05. The molecule has 46 heavy (non-hydrogen) atoms. The molecule has 2 amide bonds. The zero-order chi connectivity index (χ0) is 33.0. The number of nitrogens with one attached hydrogen (secondary N) is 1. The van der Waals surface area contributed by atoms with Crippen molar-refractivity contribution in [2.45, 2.75) is 33.1 Å². The van der Waals surface area contributed by atoms with Gasteiger partial charge >= 0.3 is 12.4 Å². The summed E-state index contributed by atoms with van der Waals surface area (Å²) in [7, 11) is 1.61. The van der Waals surface area contributed by atoms with Crippen molar-refractivity contribution in [3.8, 4) is 34.3 Å². The van der Waals surface area contributed by atoms with Gasteiger partial charge in [-0.05, 0) is 60.9 Å². The smallest absolute Gasteiger partial charge is 0.497 e. The van der Waals surface area contributed by atoms with Gasteiger partial charge in [-0.25, -0.2) is 18.9 Å². The Kier molecular flexibility index (Phi) is 9.37. The number of carbonyl (C=O) groups excluding carboxylic acids is 1. The predicted molar refractivity (Wildman–Crippen MR) is 166 cm³/mol. The van der Waals surface area contributed by atoms with Gasteiger partial charge in [-0.15, -0.1) is 29.6 Å². The Bertz CT molecular complexity index is 1940. The van der Waals surface area contributed by atoms with Crippen molar-refractivity contribution >= 4 is 23.2 Å². The number of nitrogens with zero attached hydrogens (tertiary/aromatic N) is 5. The van der Waals surface area contributed by atoms with Gasteiger partial charge in [-0.2, -0.15) is 4.99 Å². The molecule has 5 rings (SSSR count). The number of amides is 2. The Morgan fingerprint density at radius 1 is 1.04 bits per heavy atom. The van der Waals surface area contributed by atoms with Crippen molar-refractivity contribution in [3.63, 3.8) is 0 Å². The zero-order valence-corrected chi connectivity index (χ0v) is 25.9. The molecule has 2 heterocycles. The van der Waals surface area contributed by atoms with Gasteiger partial charge in [0, 0.05) is 28.4 Å². The maximum atomic E-state index is 15.0. The van der Waals surface area contributed by atoms with E-state index >= 15 is 0 Å². The Balaban J connectivity index is 1.28. The molecule has 0 spiro atoms. The van der Waals surface area contributed by atoms with Gasteiger partial charge in [0.15, 0.2) is 10.6 Å². The molecule has 238 valence electrons. The molecule has 14 heteroatoms. The van der Waals surface area contributed by atoms with Gasteiger partial charge in [-0.1, -0.05) is 38.1 Å². The van der Waals surface area contributed by atoms with Gasteiger partial charge in [-0.3, -0.25) is 4.57 Å². The van der Waals surface area contributed by atoms with Gasteiger partial charge in [0.1, 0.15) is 23.7 Å². The standard InChI is InChI=1S/C32H28F4N6O3S/c1-19(2)26-15-25(44-4)13-14-28(26)42-20(3)17-46-31(42)39-30(43)37-16-27(33)21-5-7-22(8-6-21)29-38-18-41(40-29)23-9-11-24(12-10-23)45-32(34,35)36/h5-19H,1-4H3,(H,37,43)/b27-16-,39-31-. The minimum atomic E-state index is -4.79. The molecule has 1 N–H and O–H groups in total. The number of urea groups is 1. The summed E-state index contributed by atoms with van der Waals surface area (Å²) >= 11 is 1.29. The maximum Gasteiger partial charge on any atom is 0.573 e. The lowest BCUT2D eigenvalue weighted by atomic mass is 10.0. The lowest BCUT2D eigenvalue weighted by Crippen LogP contribution is -2.22. The van der Waals surface area contributed by atoms with Gasteiger partial charge < -0.3 is 14.8 Å². The van der Waals surface area contributed by atoms with Crippen molar-refractivity contribution in [2.75, 3.05) is 7.11 Å². The largest absolute Gasteiger partial charge is 0.573 e. The highest BCUT2D eigenvalue weighted by molar-refractivity contribution is 7.07. The second-order valence-corrected chi connectivity index (χ2v) is 11.1. The highest BCUT2D eigenvalue weighted by Crippen LogP contribution is 2.28. The van der Waals surface area contributed by atoms with E-state index in [1.54, 1.807) is 19.2 Å². The highest BCUT2D eigenvalue weighted by atomic mass is 32.1. The third kappa shape index (κ3) is 7.51. The molecule has 0 aliphatic rings. The Hall–Kier alpha value is -5.24. The van der Waals surface area contributed by atoms with Crippen molar-refractivity contribution in [1.29, 1.82) is 0 Å². The molecule has 0 radical (unpaired) electrons. The minimum Gasteiger partial charge on any atom is -0.497 e. The van der Waals surface area contributed by atoms with Crippen LogP contribution in [-0.2, 0) is 0 Å². The number of hydrogen-bond acceptors (Lipinski definition) is 6. The van der Waals surface area contributed by atoms with E-state index in [4.69, 9.17) is 4.74 Å². The molecular formula is C32H28F4N6O3S. The van der Waals surface area contributed by atoms with E-state index < -0.39 is 18.2 Å². The third-order valence-corrected chi connectivity index (χ3v) is 7.69. The highest BCUT2D eigenvalue weighted by Gasteiger charge is 2.31. The zero-order valence-electron chi connectivity index (χ0n) is 25.0. The van der Waals surface area contributed by atoms with Gasteiger partial charge in [0.2, 0.25) is 0 Å². The molecule has 0 atom stereocenters. The molecule has 0 saturated heterocycles. The molecule has 5 aromatic rings. The fourth-order valence-electron chi connectivity index (χ4n) is 4.52. The number of ether oxygens (including phenoxy) is 2. The summed E-state index contributed by atoms with van der Waals surface area (Å²) < 4.78 is 64.7. The first kappa shape index (κ1) is 32.2. The van der Waals surface area contributed by atoms with Crippen LogP contribution in [0, 0.1) is 6.92 Å². The lowest BCUT2D eigenvalue weighted by molar-refractivity contribution is -0.274. The van der Waals surface area contributed by atoms with E-state index in [1.807, 2.05) is 35.1 Å². The molecule has 0 aliphatic heterocycles. The summed E-state index contributed by atoms with van der Waals surface area (Å²) in [5, 5.41) is 8.62. The molecule has 0 unspecified atom stereocenters. The number of aromatic nitrogens is 4. The number of hydrogen-bond donors (Lipinski definition) is 1. The molecule has 0 aliphatic carbocycles. The Morgan fingerprint density at radius 2 is 1.74 bits per heavy atom. The second kappa shape index (κ2) is 13.4. The number of aryl methyl sites for hydroxylation is 1. The topological polar surface area (TPSA) is 95.6 Å². The molecular weight excluding hydrogens is 624 g/mol. The second-order valence-electron chi connectivity index (χ2n) is 10.3. The SMILES string of the molecule is COc1ccc(-n2c(C)cs/c2=N\C(=O)N/C=C(\F)c2ccc(-c3ncn(-c4ccc(OC(F)(F)F)cc4)n3)cc2)c(C(C)C)c1. The van der Waals surface area contributed by atoms with Crippen LogP contribution in [0.15, 0.2) is 89.6 Å². The van der Waals surface area contributed by atoms with E-state index in [-0.39, 0.29) is 17.2 Å². The predicted octanol–water partition coefficient (Wildman–Crippen LogP) is 7.70. The van der Waals surface area contributed by atoms with E-state index in [2.05, 4.69) is 39.0 Å². The first-order valence-electron chi connectivity index (χ1n) is 13.9. The lowest BCUT2D eigenvalue weighted by Gasteiger charge is -2.16. The summed E-state index contributed by atoms with van der Waals surface area (Å²) in [5.41, 5.74) is 4.02. The van der Waals surface area contributed by atoms with E-state index in [1.165, 1.54) is 58.7 Å². The maximum absolute atomic E-state index is 15.0. The van der Waals surface area contributed by atoms with Crippen LogP contribution in [0.3, 0.4) is 0 Å². The monoisotopic (exact) mass is 652 g/mol. The van der Waals surface area contributed by atoms with Crippen molar-refractivity contribution in [3.05, 3.63) is 106 Å². The van der Waals surface area contributed by atoms with Crippen molar-refractivity contribution < 1.29 is 31.8 Å². The van der Waals surface area contributed by atoms with Crippen LogP contribution in [0.1, 0.15) is 36.6 Å². The number of halogens is 4. The van der Waals surface area contributed by atoms with E-state index in [9.17, 15) is 22.4 Å². The number of carbonyl (C=O) groups is 1. The van der Waals surface area contributed by atoms with Gasteiger partial charge in [0.25, 0.3) is 0 Å². The van der Waals surface area contributed by atoms with E-state index in [0.29, 0.717) is 21.9 Å². The van der Waals surface area contributed by atoms with Crippen LogP contribution >= 0.6 is 11.3 Å². The normalized spacial score (nSPS) is 12.5. The summed E-state index contributed by atoms with van der Waals surface area (Å²) in [6.07, 6.45) is -2.44. The number of benzene rings is 3. The first-order valence-corrected chi connectivity index (χ1v) is 14.7. The molecule has 0 saturated carbocycles. The van der Waals surface area contributed by atoms with Crippen molar-refractivity contribution in [2.24, 2.45) is 4.99 Å². The van der Waals surface area contributed by atoms with Gasteiger partial charge in [0.05, 0.1) is 18.5 Å².